The van der Waals surface area contributed by atoms with E-state index in [2.05, 4.69) is 12.2 Å². The number of methoxy groups -OCH3 is 1. The van der Waals surface area contributed by atoms with Crippen LogP contribution >= 0.6 is 0 Å². The van der Waals surface area contributed by atoms with Crippen molar-refractivity contribution in [3.05, 3.63) is 53.8 Å². The van der Waals surface area contributed by atoms with Gasteiger partial charge in [-0.3, -0.25) is 4.79 Å². The number of nitrogens with zero attached hydrogens (tertiary/aromatic N) is 1. The number of aromatic hydroxyl groups is 1. The fourth-order valence-corrected chi connectivity index (χ4v) is 3.95. The Labute approximate surface area is 193 Å². The lowest BCUT2D eigenvalue weighted by atomic mass is 10.0. The second-order valence-electron chi connectivity index (χ2n) is 8.15. The van der Waals surface area contributed by atoms with Gasteiger partial charge in [0.25, 0.3) is 0 Å². The second-order valence-corrected chi connectivity index (χ2v) is 8.15. The molecule has 0 aliphatic heterocycles. The predicted molar refractivity (Wildman–Crippen MR) is 128 cm³/mol. The maximum atomic E-state index is 14.0. The summed E-state index contributed by atoms with van der Waals surface area (Å²) in [7, 11) is 1.54. The number of Topliss-reactive ketones (excluding diaryl/α,β-unsaturated/α-hetero) is 1. The summed E-state index contributed by atoms with van der Waals surface area (Å²) < 4.78 is 20.1. The van der Waals surface area contributed by atoms with Gasteiger partial charge in [-0.15, -0.1) is 0 Å². The molecular weight excluding hydrogens is 423 g/mol. The molecule has 0 saturated carbocycles. The third-order valence-electron chi connectivity index (χ3n) is 5.73. The van der Waals surface area contributed by atoms with E-state index in [1.54, 1.807) is 31.4 Å². The molecule has 3 rings (SSSR count). The van der Waals surface area contributed by atoms with Gasteiger partial charge >= 0.3 is 6.03 Å². The number of benzene rings is 2. The van der Waals surface area contributed by atoms with Crippen molar-refractivity contribution in [2.45, 2.75) is 58.3 Å². The van der Waals surface area contributed by atoms with E-state index in [0.717, 1.165) is 23.8 Å². The summed E-state index contributed by atoms with van der Waals surface area (Å²) in [5.41, 5.74) is 0.739. The highest BCUT2D eigenvalue weighted by Crippen LogP contribution is 2.33. The van der Waals surface area contributed by atoms with Gasteiger partial charge in [0.15, 0.2) is 5.78 Å². The Balaban J connectivity index is 1.79. The number of fused-ring (bicyclic) bond motifs is 1. The summed E-state index contributed by atoms with van der Waals surface area (Å²) >= 11 is 0. The van der Waals surface area contributed by atoms with Gasteiger partial charge < -0.3 is 15.2 Å². The lowest BCUT2D eigenvalue weighted by Crippen LogP contribution is -2.19. The summed E-state index contributed by atoms with van der Waals surface area (Å²) in [6, 6.07) is 9.82. The van der Waals surface area contributed by atoms with Crippen LogP contribution in [-0.4, -0.2) is 28.6 Å². The molecule has 7 heteroatoms. The molecule has 0 unspecified atom stereocenters. The van der Waals surface area contributed by atoms with Crippen molar-refractivity contribution in [3.63, 3.8) is 0 Å². The van der Waals surface area contributed by atoms with E-state index in [1.807, 2.05) is 0 Å². The summed E-state index contributed by atoms with van der Waals surface area (Å²) in [5, 5.41) is 13.8. The number of amides is 1. The number of carbonyl (C=O) groups excluding carboxylic acids is 2. The zero-order valence-electron chi connectivity index (χ0n) is 19.2. The zero-order chi connectivity index (χ0) is 23.8. The fourth-order valence-electron chi connectivity index (χ4n) is 3.95. The number of nitrogens with one attached hydrogen (secondary N) is 1. The number of halogens is 1. The number of unbranched alkanes of at least 4 members (excludes halogenated alkanes) is 6. The Morgan fingerprint density at radius 3 is 2.33 bits per heavy atom. The van der Waals surface area contributed by atoms with Crippen LogP contribution in [0, 0.1) is 5.82 Å². The maximum absolute atomic E-state index is 14.0. The van der Waals surface area contributed by atoms with Crippen molar-refractivity contribution in [1.29, 1.82) is 0 Å². The van der Waals surface area contributed by atoms with Crippen LogP contribution in [0.25, 0.3) is 10.9 Å². The monoisotopic (exact) mass is 454 g/mol. The summed E-state index contributed by atoms with van der Waals surface area (Å²) in [6.07, 6.45) is 7.63. The molecule has 1 heterocycles. The van der Waals surface area contributed by atoms with Crippen molar-refractivity contribution in [2.75, 3.05) is 12.4 Å². The number of anilines is 1. The molecular formula is C26H31FN2O4. The van der Waals surface area contributed by atoms with Crippen LogP contribution in [0.2, 0.25) is 0 Å². The molecule has 0 atom stereocenters. The normalized spacial score (nSPS) is 11.0. The van der Waals surface area contributed by atoms with Crippen LogP contribution in [0.1, 0.15) is 68.6 Å². The predicted octanol–water partition coefficient (Wildman–Crippen LogP) is 6.90. The number of hydrogen-bond acceptors (Lipinski definition) is 4. The fraction of sp³-hybridized carbons (Fsp3) is 0.385. The first-order chi connectivity index (χ1) is 16.0. The molecule has 2 N–H and O–H groups in total. The van der Waals surface area contributed by atoms with Gasteiger partial charge in [0.2, 0.25) is 5.88 Å². The van der Waals surface area contributed by atoms with Gasteiger partial charge in [-0.25, -0.2) is 13.8 Å². The van der Waals surface area contributed by atoms with E-state index in [9.17, 15) is 19.1 Å². The van der Waals surface area contributed by atoms with Crippen LogP contribution in [0.5, 0.6) is 11.6 Å². The van der Waals surface area contributed by atoms with Gasteiger partial charge in [-0.05, 0) is 48.9 Å². The Morgan fingerprint density at radius 2 is 1.67 bits per heavy atom. The van der Waals surface area contributed by atoms with Crippen LogP contribution in [0.4, 0.5) is 14.9 Å². The van der Waals surface area contributed by atoms with E-state index < -0.39 is 17.7 Å². The van der Waals surface area contributed by atoms with Gasteiger partial charge in [0.05, 0.1) is 18.2 Å². The van der Waals surface area contributed by atoms with Crippen LogP contribution in [0.15, 0.2) is 42.5 Å². The van der Waals surface area contributed by atoms with Crippen LogP contribution < -0.4 is 10.1 Å². The van der Waals surface area contributed by atoms with Crippen LogP contribution in [0.3, 0.4) is 0 Å². The highest BCUT2D eigenvalue weighted by atomic mass is 19.1. The van der Waals surface area contributed by atoms with Crippen molar-refractivity contribution >= 4 is 28.4 Å². The average molecular weight is 455 g/mol. The number of aromatic nitrogens is 1. The molecule has 0 bridgehead atoms. The standard InChI is InChI=1S/C26H31FN2O4/c1-3-4-5-6-7-8-9-10-23(30)24-21-17-18(27)11-16-22(21)29(25(24)31)26(32)28-19-12-14-20(33-2)15-13-19/h11-17,31H,3-10H2,1-2H3,(H,28,32). The number of ketones is 1. The molecule has 0 saturated heterocycles. The molecule has 0 radical (unpaired) electrons. The SMILES string of the molecule is CCCCCCCCCC(=O)c1c(O)n(C(=O)Nc2ccc(OC)cc2)c2ccc(F)cc12. The average Bonchev–Trinajstić information content (AvgIpc) is 3.09. The molecule has 1 aromatic heterocycles. The number of carbonyl (C=O) groups is 2. The summed E-state index contributed by atoms with van der Waals surface area (Å²) in [5.74, 6) is -0.682. The van der Waals surface area contributed by atoms with Gasteiger partial charge in [0.1, 0.15) is 11.6 Å². The van der Waals surface area contributed by atoms with Crippen molar-refractivity contribution in [1.82, 2.24) is 4.57 Å². The molecule has 3 aromatic rings. The van der Waals surface area contributed by atoms with E-state index in [1.165, 1.54) is 37.5 Å². The molecule has 33 heavy (non-hydrogen) atoms. The first-order valence-electron chi connectivity index (χ1n) is 11.5. The number of hydrogen-bond donors (Lipinski definition) is 2. The molecule has 0 spiro atoms. The minimum atomic E-state index is -0.649. The van der Waals surface area contributed by atoms with Gasteiger partial charge in [-0.1, -0.05) is 45.4 Å². The highest BCUT2D eigenvalue weighted by molar-refractivity contribution is 6.14. The third-order valence-corrected chi connectivity index (χ3v) is 5.73. The maximum Gasteiger partial charge on any atom is 0.333 e. The van der Waals surface area contributed by atoms with Crippen molar-refractivity contribution < 1.29 is 23.8 Å². The number of rotatable bonds is 11. The molecule has 0 aliphatic carbocycles. The van der Waals surface area contributed by atoms with Crippen molar-refractivity contribution in [3.8, 4) is 11.6 Å². The Kier molecular flexibility index (Phi) is 8.46. The topological polar surface area (TPSA) is 80.6 Å². The largest absolute Gasteiger partial charge is 0.497 e. The summed E-state index contributed by atoms with van der Waals surface area (Å²) in [4.78, 5) is 25.9. The van der Waals surface area contributed by atoms with Gasteiger partial charge in [0, 0.05) is 17.5 Å². The Morgan fingerprint density at radius 1 is 1.00 bits per heavy atom. The molecule has 2 aromatic carbocycles. The van der Waals surface area contributed by atoms with Crippen molar-refractivity contribution in [2.24, 2.45) is 0 Å². The lowest BCUT2D eigenvalue weighted by molar-refractivity contribution is 0.0978. The molecule has 0 aliphatic rings. The van der Waals surface area contributed by atoms with E-state index in [4.69, 9.17) is 4.74 Å². The van der Waals surface area contributed by atoms with Gasteiger partial charge in [-0.2, -0.15) is 0 Å². The van der Waals surface area contributed by atoms with E-state index in [-0.39, 0.29) is 28.7 Å². The number of ether oxygens (including phenoxy) is 1. The Hall–Kier alpha value is -3.35. The summed E-state index contributed by atoms with van der Waals surface area (Å²) in [6.45, 7) is 2.17. The quantitative estimate of drug-likeness (QED) is 0.244. The molecule has 0 fully saturated rings. The van der Waals surface area contributed by atoms with E-state index >= 15 is 0 Å². The molecule has 6 nitrogen and oxygen atoms in total. The molecule has 1 amide bonds. The highest BCUT2D eigenvalue weighted by Gasteiger charge is 2.25. The minimum Gasteiger partial charge on any atom is -0.497 e. The zero-order valence-corrected chi connectivity index (χ0v) is 19.2. The first kappa shape index (κ1) is 24.3. The van der Waals surface area contributed by atoms with E-state index in [0.29, 0.717) is 17.9 Å². The smallest absolute Gasteiger partial charge is 0.333 e. The lowest BCUT2D eigenvalue weighted by Gasteiger charge is -2.09. The Bertz CT molecular complexity index is 1110. The molecule has 176 valence electrons. The van der Waals surface area contributed by atoms with Crippen LogP contribution in [-0.2, 0) is 0 Å². The third kappa shape index (κ3) is 5.92. The first-order valence-corrected chi connectivity index (χ1v) is 11.5. The second kappa shape index (κ2) is 11.5. The minimum absolute atomic E-state index is 0.0136.